The molecule has 1 atom stereocenters. The normalized spacial score (nSPS) is 17.3. The summed E-state index contributed by atoms with van der Waals surface area (Å²) in [6.07, 6.45) is 2.44. The topological polar surface area (TPSA) is 30.5 Å². The molecule has 0 bridgehead atoms. The van der Waals surface area contributed by atoms with Gasteiger partial charge in [-0.05, 0) is 48.2 Å². The molecule has 4 heteroatoms. The average molecular weight is 315 g/mol. The van der Waals surface area contributed by atoms with E-state index in [0.29, 0.717) is 13.2 Å². The van der Waals surface area contributed by atoms with Gasteiger partial charge in [0.15, 0.2) is 0 Å². The van der Waals surface area contributed by atoms with Gasteiger partial charge < -0.3 is 14.8 Å². The van der Waals surface area contributed by atoms with Crippen LogP contribution in [-0.2, 0) is 17.8 Å². The second-order valence-corrected chi connectivity index (χ2v) is 5.82. The summed E-state index contributed by atoms with van der Waals surface area (Å²) in [5.41, 5.74) is 2.23. The van der Waals surface area contributed by atoms with E-state index in [0.717, 1.165) is 42.9 Å². The van der Waals surface area contributed by atoms with Crippen LogP contribution in [0, 0.1) is 5.82 Å². The molecule has 1 fully saturated rings. The molecule has 1 aliphatic heterocycles. The van der Waals surface area contributed by atoms with Gasteiger partial charge in [0.25, 0.3) is 0 Å². The highest BCUT2D eigenvalue weighted by Gasteiger charge is 2.15. The summed E-state index contributed by atoms with van der Waals surface area (Å²) in [6, 6.07) is 14.6. The van der Waals surface area contributed by atoms with Crippen LogP contribution in [0.25, 0.3) is 0 Å². The Morgan fingerprint density at radius 3 is 2.70 bits per heavy atom. The van der Waals surface area contributed by atoms with E-state index in [-0.39, 0.29) is 11.9 Å². The lowest BCUT2D eigenvalue weighted by Gasteiger charge is -2.12. The lowest BCUT2D eigenvalue weighted by atomic mass is 10.2. The molecule has 1 aliphatic rings. The Bertz CT molecular complexity index is 609. The first-order chi connectivity index (χ1) is 11.3. The number of halogens is 1. The molecule has 0 aliphatic carbocycles. The van der Waals surface area contributed by atoms with Crippen molar-refractivity contribution in [1.29, 1.82) is 0 Å². The molecule has 23 heavy (non-hydrogen) atoms. The molecular weight excluding hydrogens is 293 g/mol. The monoisotopic (exact) mass is 315 g/mol. The van der Waals surface area contributed by atoms with Crippen LogP contribution in [0.1, 0.15) is 24.0 Å². The van der Waals surface area contributed by atoms with E-state index in [9.17, 15) is 4.39 Å². The summed E-state index contributed by atoms with van der Waals surface area (Å²) < 4.78 is 24.2. The van der Waals surface area contributed by atoms with E-state index in [4.69, 9.17) is 9.47 Å². The van der Waals surface area contributed by atoms with Gasteiger partial charge in [-0.3, -0.25) is 0 Å². The zero-order valence-electron chi connectivity index (χ0n) is 13.1. The van der Waals surface area contributed by atoms with E-state index in [1.807, 2.05) is 18.2 Å². The fourth-order valence-electron chi connectivity index (χ4n) is 2.66. The van der Waals surface area contributed by atoms with E-state index in [1.54, 1.807) is 12.1 Å². The molecule has 0 spiro atoms. The summed E-state index contributed by atoms with van der Waals surface area (Å²) in [7, 11) is 0. The molecule has 3 nitrogen and oxygen atoms in total. The lowest BCUT2D eigenvalue weighted by molar-refractivity contribution is 0.0679. The number of hydrogen-bond donors (Lipinski definition) is 1. The quantitative estimate of drug-likeness (QED) is 0.845. The highest BCUT2D eigenvalue weighted by atomic mass is 19.1. The van der Waals surface area contributed by atoms with Gasteiger partial charge >= 0.3 is 0 Å². The van der Waals surface area contributed by atoms with Crippen molar-refractivity contribution in [3.05, 3.63) is 65.5 Å². The second-order valence-electron chi connectivity index (χ2n) is 5.82. The highest BCUT2D eigenvalue weighted by molar-refractivity contribution is 5.28. The fourth-order valence-corrected chi connectivity index (χ4v) is 2.66. The first-order valence-electron chi connectivity index (χ1n) is 8.08. The Morgan fingerprint density at radius 1 is 1.09 bits per heavy atom. The smallest absolute Gasteiger partial charge is 0.123 e. The van der Waals surface area contributed by atoms with Crippen LogP contribution in [-0.4, -0.2) is 19.3 Å². The van der Waals surface area contributed by atoms with Crippen LogP contribution < -0.4 is 10.1 Å². The summed E-state index contributed by atoms with van der Waals surface area (Å²) in [5.74, 6) is 0.673. The van der Waals surface area contributed by atoms with Crippen LogP contribution in [0.3, 0.4) is 0 Å². The Morgan fingerprint density at radius 2 is 1.91 bits per heavy atom. The van der Waals surface area contributed by atoms with Crippen LogP contribution >= 0.6 is 0 Å². The molecule has 2 aromatic carbocycles. The van der Waals surface area contributed by atoms with Gasteiger partial charge in [-0.15, -0.1) is 0 Å². The third-order valence-electron chi connectivity index (χ3n) is 3.93. The predicted octanol–water partition coefficient (Wildman–Crippen LogP) is 3.67. The van der Waals surface area contributed by atoms with Crippen molar-refractivity contribution in [2.24, 2.45) is 0 Å². The number of ether oxygens (including phenoxy) is 2. The molecule has 0 amide bonds. The summed E-state index contributed by atoms with van der Waals surface area (Å²) in [6.45, 7) is 2.92. The van der Waals surface area contributed by atoms with Gasteiger partial charge in [-0.1, -0.05) is 24.3 Å². The summed E-state index contributed by atoms with van der Waals surface area (Å²) in [4.78, 5) is 0. The third kappa shape index (κ3) is 5.05. The van der Waals surface area contributed by atoms with Crippen molar-refractivity contribution in [2.75, 3.05) is 13.2 Å². The zero-order chi connectivity index (χ0) is 15.9. The van der Waals surface area contributed by atoms with Crippen LogP contribution in [0.5, 0.6) is 5.75 Å². The van der Waals surface area contributed by atoms with Crippen molar-refractivity contribution in [3.8, 4) is 5.75 Å². The third-order valence-corrected chi connectivity index (χ3v) is 3.93. The maximum Gasteiger partial charge on any atom is 0.123 e. The number of rotatable bonds is 7. The first kappa shape index (κ1) is 16.0. The Kier molecular flexibility index (Phi) is 5.61. The van der Waals surface area contributed by atoms with Gasteiger partial charge in [-0.2, -0.15) is 0 Å². The molecule has 3 rings (SSSR count). The van der Waals surface area contributed by atoms with Gasteiger partial charge in [0.1, 0.15) is 18.2 Å². The number of hydrogen-bond acceptors (Lipinski definition) is 3. The minimum absolute atomic E-state index is 0.204. The minimum Gasteiger partial charge on any atom is -0.491 e. The maximum atomic E-state index is 12.9. The molecule has 1 unspecified atom stereocenters. The van der Waals surface area contributed by atoms with Crippen LogP contribution in [0.4, 0.5) is 4.39 Å². The molecular formula is C19H22FNO2. The highest BCUT2D eigenvalue weighted by Crippen LogP contribution is 2.17. The van der Waals surface area contributed by atoms with E-state index < -0.39 is 0 Å². The number of nitrogens with one attached hydrogen (secondary N) is 1. The van der Waals surface area contributed by atoms with Crippen molar-refractivity contribution in [1.82, 2.24) is 5.32 Å². The number of benzene rings is 2. The minimum atomic E-state index is -0.204. The molecule has 1 N–H and O–H groups in total. The van der Waals surface area contributed by atoms with E-state index in [2.05, 4.69) is 11.4 Å². The van der Waals surface area contributed by atoms with Gasteiger partial charge in [0.05, 0.1) is 6.10 Å². The lowest BCUT2D eigenvalue weighted by Crippen LogP contribution is -2.16. The SMILES string of the molecule is Fc1ccc(CNCc2cccc(OCC3CCCO3)c2)cc1. The molecule has 2 aromatic rings. The second kappa shape index (κ2) is 8.09. The molecule has 1 heterocycles. The van der Waals surface area contributed by atoms with Crippen molar-refractivity contribution in [2.45, 2.75) is 32.0 Å². The van der Waals surface area contributed by atoms with Crippen molar-refractivity contribution < 1.29 is 13.9 Å². The van der Waals surface area contributed by atoms with Crippen LogP contribution in [0.15, 0.2) is 48.5 Å². The van der Waals surface area contributed by atoms with E-state index in [1.165, 1.54) is 12.1 Å². The molecule has 0 radical (unpaired) electrons. The Balaban J connectivity index is 1.46. The largest absolute Gasteiger partial charge is 0.491 e. The van der Waals surface area contributed by atoms with Gasteiger partial charge in [0.2, 0.25) is 0 Å². The summed E-state index contributed by atoms with van der Waals surface area (Å²) >= 11 is 0. The standard InChI is InChI=1S/C19H22FNO2/c20-17-8-6-15(7-9-17)12-21-13-16-3-1-4-18(11-16)23-14-19-5-2-10-22-19/h1,3-4,6-9,11,19,21H,2,5,10,12-14H2. The Labute approximate surface area is 136 Å². The Hall–Kier alpha value is -1.91. The van der Waals surface area contributed by atoms with Crippen molar-refractivity contribution >= 4 is 0 Å². The van der Waals surface area contributed by atoms with Crippen molar-refractivity contribution in [3.63, 3.8) is 0 Å². The predicted molar refractivity (Wildman–Crippen MR) is 87.9 cm³/mol. The fraction of sp³-hybridized carbons (Fsp3) is 0.368. The zero-order valence-corrected chi connectivity index (χ0v) is 13.1. The first-order valence-corrected chi connectivity index (χ1v) is 8.08. The van der Waals surface area contributed by atoms with Crippen LogP contribution in [0.2, 0.25) is 0 Å². The molecule has 122 valence electrons. The van der Waals surface area contributed by atoms with Gasteiger partial charge in [0, 0.05) is 19.7 Å². The average Bonchev–Trinajstić information content (AvgIpc) is 3.09. The summed E-state index contributed by atoms with van der Waals surface area (Å²) in [5, 5.41) is 3.36. The van der Waals surface area contributed by atoms with Gasteiger partial charge in [-0.25, -0.2) is 4.39 Å². The van der Waals surface area contributed by atoms with E-state index >= 15 is 0 Å². The maximum absolute atomic E-state index is 12.9. The molecule has 0 saturated carbocycles. The molecule has 1 saturated heterocycles. The molecule has 0 aromatic heterocycles.